The van der Waals surface area contributed by atoms with E-state index in [1.54, 1.807) is 42.5 Å². The first-order chi connectivity index (χ1) is 13.9. The summed E-state index contributed by atoms with van der Waals surface area (Å²) in [6.45, 7) is 0.255. The van der Waals surface area contributed by atoms with Crippen molar-refractivity contribution >= 4 is 33.8 Å². The van der Waals surface area contributed by atoms with Crippen LogP contribution in [0.15, 0.2) is 59.5 Å². The van der Waals surface area contributed by atoms with Gasteiger partial charge in [0.25, 0.3) is 15.9 Å². The molecule has 3 N–H and O–H groups in total. The lowest BCUT2D eigenvalue weighted by Crippen LogP contribution is -2.24. The zero-order chi connectivity index (χ0) is 20.4. The lowest BCUT2D eigenvalue weighted by atomic mass is 10.2. The van der Waals surface area contributed by atoms with E-state index in [0.717, 1.165) is 12.8 Å². The fourth-order valence-corrected chi connectivity index (χ4v) is 4.32. The highest BCUT2D eigenvalue weighted by atomic mass is 32.2. The Labute approximate surface area is 173 Å². The van der Waals surface area contributed by atoms with Crippen molar-refractivity contribution in [3.8, 4) is 0 Å². The summed E-state index contributed by atoms with van der Waals surface area (Å²) in [5.74, 6) is 0.414. The van der Waals surface area contributed by atoms with Crippen LogP contribution in [0.3, 0.4) is 0 Å². The number of amides is 1. The van der Waals surface area contributed by atoms with Crippen LogP contribution >= 0.6 is 12.2 Å². The summed E-state index contributed by atoms with van der Waals surface area (Å²) in [5, 5.41) is 9.76. The molecule has 0 bridgehead atoms. The predicted molar refractivity (Wildman–Crippen MR) is 111 cm³/mol. The number of anilines is 1. The predicted octanol–water partition coefficient (Wildman–Crippen LogP) is 3.01. The third-order valence-electron chi connectivity index (χ3n) is 4.55. The lowest BCUT2D eigenvalue weighted by Gasteiger charge is -2.09. The number of hydrogen-bond acceptors (Lipinski definition) is 5. The van der Waals surface area contributed by atoms with Gasteiger partial charge in [0.15, 0.2) is 10.6 Å². The van der Waals surface area contributed by atoms with E-state index in [2.05, 4.69) is 20.2 Å². The third-order valence-corrected chi connectivity index (χ3v) is 6.23. The Kier molecular flexibility index (Phi) is 5.20. The number of nitrogens with one attached hydrogen (secondary N) is 3. The number of rotatable bonds is 7. The van der Waals surface area contributed by atoms with Crippen LogP contribution in [0.4, 0.5) is 5.69 Å². The fraction of sp³-hybridized carbons (Fsp3) is 0.211. The first kappa shape index (κ1) is 19.3. The van der Waals surface area contributed by atoms with E-state index in [1.165, 1.54) is 12.1 Å². The monoisotopic (exact) mass is 429 g/mol. The largest absolute Gasteiger partial charge is 0.345 e. The highest BCUT2D eigenvalue weighted by Gasteiger charge is 2.27. The number of aromatic nitrogens is 3. The van der Waals surface area contributed by atoms with Gasteiger partial charge in [-0.3, -0.25) is 19.2 Å². The van der Waals surface area contributed by atoms with Crippen molar-refractivity contribution in [2.24, 2.45) is 0 Å². The molecule has 0 radical (unpaired) electrons. The summed E-state index contributed by atoms with van der Waals surface area (Å²) in [6, 6.07) is 14.7. The molecule has 1 aliphatic carbocycles. The Balaban J connectivity index is 1.40. The van der Waals surface area contributed by atoms with Crippen molar-refractivity contribution in [2.45, 2.75) is 30.3 Å². The smallest absolute Gasteiger partial charge is 0.261 e. The van der Waals surface area contributed by atoms with Crippen molar-refractivity contribution < 1.29 is 13.2 Å². The molecule has 10 heteroatoms. The summed E-state index contributed by atoms with van der Waals surface area (Å²) in [4.78, 5) is 12.6. The van der Waals surface area contributed by atoms with Gasteiger partial charge in [0.1, 0.15) is 0 Å². The number of benzene rings is 2. The van der Waals surface area contributed by atoms with E-state index < -0.39 is 10.0 Å². The Bertz CT molecular complexity index is 1180. The standard InChI is InChI=1S/C19H19N5O3S2/c25-18(20-12-17-21-22-19(28)24(17)15-10-11-15)13-6-8-14(9-7-13)23-29(26,27)16-4-2-1-3-5-16/h1-9,15,23H,10-12H2,(H,20,25)(H,22,28). The molecule has 150 valence electrons. The molecular weight excluding hydrogens is 410 g/mol. The van der Waals surface area contributed by atoms with Crippen LogP contribution in [0.25, 0.3) is 0 Å². The maximum absolute atomic E-state index is 12.4. The molecule has 0 spiro atoms. The molecule has 1 heterocycles. The number of nitrogens with zero attached hydrogens (tertiary/aromatic N) is 2. The van der Waals surface area contributed by atoms with Crippen molar-refractivity contribution in [3.63, 3.8) is 0 Å². The van der Waals surface area contributed by atoms with Gasteiger partial charge in [-0.25, -0.2) is 8.42 Å². The van der Waals surface area contributed by atoms with E-state index in [-0.39, 0.29) is 17.3 Å². The van der Waals surface area contributed by atoms with Crippen molar-refractivity contribution in [3.05, 3.63) is 70.8 Å². The Morgan fingerprint density at radius 3 is 2.48 bits per heavy atom. The zero-order valence-corrected chi connectivity index (χ0v) is 17.0. The molecule has 0 aliphatic heterocycles. The summed E-state index contributed by atoms with van der Waals surface area (Å²) in [5.41, 5.74) is 0.791. The average molecular weight is 430 g/mol. The molecule has 1 aromatic heterocycles. The minimum absolute atomic E-state index is 0.172. The SMILES string of the molecule is O=C(NCc1n[nH]c(=S)n1C1CC1)c1ccc(NS(=O)(=O)c2ccccc2)cc1. The molecule has 29 heavy (non-hydrogen) atoms. The van der Waals surface area contributed by atoms with E-state index in [9.17, 15) is 13.2 Å². The second-order valence-corrected chi connectivity index (χ2v) is 8.79. The van der Waals surface area contributed by atoms with Crippen molar-refractivity contribution in [2.75, 3.05) is 4.72 Å². The van der Waals surface area contributed by atoms with Gasteiger partial charge in [0.05, 0.1) is 11.4 Å². The average Bonchev–Trinajstić information content (AvgIpc) is 3.49. The lowest BCUT2D eigenvalue weighted by molar-refractivity contribution is 0.0949. The summed E-state index contributed by atoms with van der Waals surface area (Å²) in [6.07, 6.45) is 2.13. The van der Waals surface area contributed by atoms with E-state index in [1.807, 2.05) is 4.57 Å². The minimum atomic E-state index is -3.67. The molecule has 1 aliphatic rings. The van der Waals surface area contributed by atoms with Gasteiger partial charge in [0.2, 0.25) is 0 Å². The molecule has 0 unspecified atom stereocenters. The van der Waals surface area contributed by atoms with Crippen LogP contribution in [0, 0.1) is 4.77 Å². The Morgan fingerprint density at radius 1 is 1.14 bits per heavy atom. The maximum Gasteiger partial charge on any atom is 0.261 e. The second-order valence-electron chi connectivity index (χ2n) is 6.72. The molecule has 1 fully saturated rings. The number of sulfonamides is 1. The van der Waals surface area contributed by atoms with Gasteiger partial charge in [0, 0.05) is 17.3 Å². The van der Waals surface area contributed by atoms with Gasteiger partial charge in [-0.2, -0.15) is 5.10 Å². The highest BCUT2D eigenvalue weighted by Crippen LogP contribution is 2.35. The Hall–Kier alpha value is -2.98. The number of hydrogen-bond donors (Lipinski definition) is 3. The summed E-state index contributed by atoms with van der Waals surface area (Å²) in [7, 11) is -3.67. The summed E-state index contributed by atoms with van der Waals surface area (Å²) < 4.78 is 29.7. The molecule has 8 nitrogen and oxygen atoms in total. The van der Waals surface area contributed by atoms with Gasteiger partial charge in [-0.1, -0.05) is 18.2 Å². The second kappa shape index (κ2) is 7.80. The third kappa shape index (κ3) is 4.38. The molecule has 0 saturated heterocycles. The quantitative estimate of drug-likeness (QED) is 0.500. The molecule has 1 amide bonds. The normalized spacial score (nSPS) is 13.8. The van der Waals surface area contributed by atoms with Crippen LogP contribution in [-0.2, 0) is 16.6 Å². The zero-order valence-electron chi connectivity index (χ0n) is 15.3. The first-order valence-corrected chi connectivity index (χ1v) is 10.9. The molecule has 0 atom stereocenters. The highest BCUT2D eigenvalue weighted by molar-refractivity contribution is 7.92. The Morgan fingerprint density at radius 2 is 1.83 bits per heavy atom. The van der Waals surface area contributed by atoms with Gasteiger partial charge in [-0.15, -0.1) is 0 Å². The minimum Gasteiger partial charge on any atom is -0.345 e. The maximum atomic E-state index is 12.4. The van der Waals surface area contributed by atoms with Crippen LogP contribution in [-0.4, -0.2) is 29.1 Å². The molecular formula is C19H19N5O3S2. The van der Waals surface area contributed by atoms with Crippen molar-refractivity contribution in [1.29, 1.82) is 0 Å². The molecule has 1 saturated carbocycles. The number of aromatic amines is 1. The van der Waals surface area contributed by atoms with Crippen LogP contribution in [0.1, 0.15) is 35.1 Å². The van der Waals surface area contributed by atoms with Crippen LogP contribution in [0.5, 0.6) is 0 Å². The topological polar surface area (TPSA) is 109 Å². The van der Waals surface area contributed by atoms with Gasteiger partial charge in [-0.05, 0) is 61.5 Å². The molecule has 2 aromatic carbocycles. The number of H-pyrrole nitrogens is 1. The van der Waals surface area contributed by atoms with E-state index in [4.69, 9.17) is 12.2 Å². The van der Waals surface area contributed by atoms with Crippen molar-refractivity contribution in [1.82, 2.24) is 20.1 Å². The van der Waals surface area contributed by atoms with E-state index >= 15 is 0 Å². The molecule has 4 rings (SSSR count). The van der Waals surface area contributed by atoms with Crippen LogP contribution in [0.2, 0.25) is 0 Å². The van der Waals surface area contributed by atoms with Crippen LogP contribution < -0.4 is 10.0 Å². The fourth-order valence-electron chi connectivity index (χ4n) is 2.94. The first-order valence-electron chi connectivity index (χ1n) is 9.06. The van der Waals surface area contributed by atoms with Gasteiger partial charge >= 0.3 is 0 Å². The molecule has 3 aromatic rings. The number of carbonyl (C=O) groups is 1. The summed E-state index contributed by atoms with van der Waals surface area (Å²) >= 11 is 5.23. The number of carbonyl (C=O) groups excluding carboxylic acids is 1. The van der Waals surface area contributed by atoms with E-state index in [0.29, 0.717) is 27.9 Å². The van der Waals surface area contributed by atoms with Gasteiger partial charge < -0.3 is 5.32 Å².